The van der Waals surface area contributed by atoms with Crippen LogP contribution in [0.5, 0.6) is 0 Å². The van der Waals surface area contributed by atoms with Gasteiger partial charge in [-0.15, -0.1) is 11.8 Å². The van der Waals surface area contributed by atoms with Gasteiger partial charge in [-0.1, -0.05) is 42.5 Å². The number of rotatable bonds is 5. The van der Waals surface area contributed by atoms with E-state index in [2.05, 4.69) is 22.7 Å². The van der Waals surface area contributed by atoms with E-state index in [1.54, 1.807) is 18.0 Å². The van der Waals surface area contributed by atoms with Crippen LogP contribution in [0.25, 0.3) is 0 Å². The van der Waals surface area contributed by atoms with Crippen molar-refractivity contribution in [2.24, 2.45) is 11.0 Å². The van der Waals surface area contributed by atoms with Crippen LogP contribution in [0.1, 0.15) is 23.5 Å². The fourth-order valence-corrected chi connectivity index (χ4v) is 2.90. The molecule has 0 spiro atoms. The van der Waals surface area contributed by atoms with Gasteiger partial charge in [0.1, 0.15) is 0 Å². The molecule has 3 rings (SSSR count). The minimum absolute atomic E-state index is 0.00540. The van der Waals surface area contributed by atoms with E-state index in [0.29, 0.717) is 5.92 Å². The molecule has 2 aromatic rings. The fourth-order valence-electron chi connectivity index (χ4n) is 2.50. The summed E-state index contributed by atoms with van der Waals surface area (Å²) in [5.74, 6) is 0.404. The van der Waals surface area contributed by atoms with Crippen molar-refractivity contribution in [1.29, 1.82) is 0 Å². The molecule has 0 aliphatic heterocycles. The second kappa shape index (κ2) is 6.79. The highest BCUT2D eigenvalue weighted by Crippen LogP contribution is 2.47. The van der Waals surface area contributed by atoms with Gasteiger partial charge in [0.15, 0.2) is 0 Å². The summed E-state index contributed by atoms with van der Waals surface area (Å²) >= 11 is 1.70. The summed E-state index contributed by atoms with van der Waals surface area (Å²) in [6.07, 6.45) is 4.64. The first-order chi connectivity index (χ1) is 10.8. The molecule has 2 aromatic carbocycles. The van der Waals surface area contributed by atoms with Crippen molar-refractivity contribution in [1.82, 2.24) is 5.43 Å². The standard InChI is InChI=1S/C18H18N2OS/c1-22-15-9-7-13(8-10-15)12-19-20-18(21)17-11-16(17)14-5-3-2-4-6-14/h2-10,12,16-17H,11H2,1H3,(H,20,21)/b19-12-/t16-,17-/m1/s1. The first-order valence-electron chi connectivity index (χ1n) is 7.30. The van der Waals surface area contributed by atoms with Crippen LogP contribution in [-0.2, 0) is 4.79 Å². The number of amides is 1. The van der Waals surface area contributed by atoms with Crippen molar-refractivity contribution in [3.05, 3.63) is 65.7 Å². The average Bonchev–Trinajstić information content (AvgIpc) is 3.37. The zero-order chi connectivity index (χ0) is 15.4. The predicted octanol–water partition coefficient (Wildman–Crippen LogP) is 3.66. The molecule has 1 fully saturated rings. The average molecular weight is 310 g/mol. The molecular formula is C18H18N2OS. The van der Waals surface area contributed by atoms with Crippen molar-refractivity contribution in [3.8, 4) is 0 Å². The lowest BCUT2D eigenvalue weighted by Gasteiger charge is -2.00. The molecule has 0 radical (unpaired) electrons. The molecule has 2 atom stereocenters. The molecule has 4 heteroatoms. The Morgan fingerprint density at radius 3 is 2.59 bits per heavy atom. The molecular weight excluding hydrogens is 292 g/mol. The number of thioether (sulfide) groups is 1. The van der Waals surface area contributed by atoms with E-state index in [9.17, 15) is 4.79 Å². The van der Waals surface area contributed by atoms with Gasteiger partial charge < -0.3 is 0 Å². The van der Waals surface area contributed by atoms with Gasteiger partial charge in [0.25, 0.3) is 0 Å². The molecule has 22 heavy (non-hydrogen) atoms. The Kier molecular flexibility index (Phi) is 4.59. The lowest BCUT2D eigenvalue weighted by atomic mass is 10.1. The molecule has 1 aliphatic rings. The number of hydrogen-bond acceptors (Lipinski definition) is 3. The van der Waals surface area contributed by atoms with E-state index in [1.807, 2.05) is 48.7 Å². The van der Waals surface area contributed by atoms with Crippen molar-refractivity contribution < 1.29 is 4.79 Å². The number of nitrogens with one attached hydrogen (secondary N) is 1. The van der Waals surface area contributed by atoms with Gasteiger partial charge in [0, 0.05) is 10.8 Å². The van der Waals surface area contributed by atoms with Crippen LogP contribution in [0, 0.1) is 5.92 Å². The van der Waals surface area contributed by atoms with Gasteiger partial charge in [-0.3, -0.25) is 4.79 Å². The number of benzene rings is 2. The topological polar surface area (TPSA) is 41.5 Å². The number of carbonyl (C=O) groups is 1. The lowest BCUT2D eigenvalue weighted by molar-refractivity contribution is -0.122. The van der Waals surface area contributed by atoms with E-state index in [4.69, 9.17) is 0 Å². The largest absolute Gasteiger partial charge is 0.273 e. The fraction of sp³-hybridized carbons (Fsp3) is 0.222. The quantitative estimate of drug-likeness (QED) is 0.520. The zero-order valence-electron chi connectivity index (χ0n) is 12.4. The Hall–Kier alpha value is -2.07. The van der Waals surface area contributed by atoms with E-state index in [1.165, 1.54) is 10.5 Å². The van der Waals surface area contributed by atoms with Crippen LogP contribution in [0.4, 0.5) is 0 Å². The smallest absolute Gasteiger partial charge is 0.243 e. The SMILES string of the molecule is CSc1ccc(/C=N\NC(=O)[C@@H]2C[C@@H]2c2ccccc2)cc1. The first kappa shape index (κ1) is 14.9. The normalized spacial score (nSPS) is 20.0. The maximum atomic E-state index is 12.1. The van der Waals surface area contributed by atoms with Crippen molar-refractivity contribution in [2.75, 3.05) is 6.26 Å². The highest BCUT2D eigenvalue weighted by molar-refractivity contribution is 7.98. The summed E-state index contributed by atoms with van der Waals surface area (Å²) in [6, 6.07) is 18.2. The molecule has 1 N–H and O–H groups in total. The zero-order valence-corrected chi connectivity index (χ0v) is 13.2. The van der Waals surface area contributed by atoms with E-state index < -0.39 is 0 Å². The molecule has 1 aliphatic carbocycles. The highest BCUT2D eigenvalue weighted by Gasteiger charge is 2.43. The number of hydrogen-bond donors (Lipinski definition) is 1. The maximum absolute atomic E-state index is 12.1. The maximum Gasteiger partial charge on any atom is 0.243 e. The lowest BCUT2D eigenvalue weighted by Crippen LogP contribution is -2.20. The Morgan fingerprint density at radius 1 is 1.18 bits per heavy atom. The van der Waals surface area contributed by atoms with Gasteiger partial charge in [0.05, 0.1) is 6.21 Å². The van der Waals surface area contributed by atoms with Crippen molar-refractivity contribution >= 4 is 23.9 Å². The van der Waals surface area contributed by atoms with Gasteiger partial charge in [-0.25, -0.2) is 5.43 Å². The Bertz CT molecular complexity index is 667. The predicted molar refractivity (Wildman–Crippen MR) is 91.2 cm³/mol. The number of carbonyl (C=O) groups excluding carboxylic acids is 1. The van der Waals surface area contributed by atoms with Crippen LogP contribution in [0.2, 0.25) is 0 Å². The van der Waals surface area contributed by atoms with Gasteiger partial charge in [-0.2, -0.15) is 5.10 Å². The minimum atomic E-state index is 0.00540. The first-order valence-corrected chi connectivity index (χ1v) is 8.52. The number of hydrazone groups is 1. The Morgan fingerprint density at radius 2 is 1.91 bits per heavy atom. The van der Waals surface area contributed by atoms with E-state index in [0.717, 1.165) is 12.0 Å². The van der Waals surface area contributed by atoms with Gasteiger partial charge >= 0.3 is 0 Å². The summed E-state index contributed by atoms with van der Waals surface area (Å²) in [6.45, 7) is 0. The number of nitrogens with zero attached hydrogens (tertiary/aromatic N) is 1. The summed E-state index contributed by atoms with van der Waals surface area (Å²) < 4.78 is 0. The third kappa shape index (κ3) is 3.57. The Balaban J connectivity index is 1.51. The summed E-state index contributed by atoms with van der Waals surface area (Å²) in [4.78, 5) is 13.3. The van der Waals surface area contributed by atoms with Gasteiger partial charge in [0.2, 0.25) is 5.91 Å². The third-order valence-electron chi connectivity index (χ3n) is 3.86. The second-order valence-corrected chi connectivity index (χ2v) is 6.25. The van der Waals surface area contributed by atoms with Crippen LogP contribution in [0.3, 0.4) is 0 Å². The molecule has 3 nitrogen and oxygen atoms in total. The van der Waals surface area contributed by atoms with Crippen molar-refractivity contribution in [3.63, 3.8) is 0 Å². The van der Waals surface area contributed by atoms with Crippen molar-refractivity contribution in [2.45, 2.75) is 17.2 Å². The van der Waals surface area contributed by atoms with Crippen LogP contribution >= 0.6 is 11.8 Å². The summed E-state index contributed by atoms with van der Waals surface area (Å²) in [7, 11) is 0. The molecule has 0 unspecified atom stereocenters. The van der Waals surface area contributed by atoms with E-state index in [-0.39, 0.29) is 11.8 Å². The molecule has 1 amide bonds. The van der Waals surface area contributed by atoms with Crippen LogP contribution in [-0.4, -0.2) is 18.4 Å². The molecule has 0 saturated heterocycles. The third-order valence-corrected chi connectivity index (χ3v) is 4.60. The molecule has 0 aromatic heterocycles. The molecule has 112 valence electrons. The minimum Gasteiger partial charge on any atom is -0.273 e. The van der Waals surface area contributed by atoms with Gasteiger partial charge in [-0.05, 0) is 41.9 Å². The summed E-state index contributed by atoms with van der Waals surface area (Å²) in [5.41, 5.74) is 4.86. The molecule has 0 bridgehead atoms. The van der Waals surface area contributed by atoms with E-state index >= 15 is 0 Å². The summed E-state index contributed by atoms with van der Waals surface area (Å²) in [5, 5.41) is 4.06. The molecule has 0 heterocycles. The van der Waals surface area contributed by atoms with Crippen LogP contribution < -0.4 is 5.43 Å². The van der Waals surface area contributed by atoms with Crippen LogP contribution in [0.15, 0.2) is 64.6 Å². The monoisotopic (exact) mass is 310 g/mol. The Labute approximate surface area is 134 Å². The second-order valence-electron chi connectivity index (χ2n) is 5.37. The molecule has 1 saturated carbocycles. The highest BCUT2D eigenvalue weighted by atomic mass is 32.2.